The van der Waals surface area contributed by atoms with Crippen molar-refractivity contribution in [1.29, 1.82) is 0 Å². The summed E-state index contributed by atoms with van der Waals surface area (Å²) in [6.07, 6.45) is 3.50. The molecule has 2 amide bonds. The van der Waals surface area contributed by atoms with Gasteiger partial charge in [-0.3, -0.25) is 0 Å². The van der Waals surface area contributed by atoms with Crippen LogP contribution in [0.5, 0.6) is 0 Å². The average Bonchev–Trinajstić information content (AvgIpc) is 2.93. The summed E-state index contributed by atoms with van der Waals surface area (Å²) in [4.78, 5) is 11.3. The molecule has 0 aromatic rings. The fourth-order valence-corrected chi connectivity index (χ4v) is 1.78. The smallest absolute Gasteiger partial charge is 0.315 e. The van der Waals surface area contributed by atoms with Crippen molar-refractivity contribution in [3.05, 3.63) is 0 Å². The zero-order valence-corrected chi connectivity index (χ0v) is 8.34. The minimum atomic E-state index is 0.0373. The SMILES string of the molecule is CCC1CC1NC(=O)N[C@@H]1C[C@H]1C. The van der Waals surface area contributed by atoms with E-state index in [0.29, 0.717) is 18.0 Å². The van der Waals surface area contributed by atoms with Crippen LogP contribution in [0.3, 0.4) is 0 Å². The molecule has 2 rings (SSSR count). The number of rotatable bonds is 3. The van der Waals surface area contributed by atoms with Gasteiger partial charge in [-0.15, -0.1) is 0 Å². The Hall–Kier alpha value is -0.730. The second-order valence-corrected chi connectivity index (χ2v) is 4.45. The highest BCUT2D eigenvalue weighted by Gasteiger charge is 2.38. The van der Waals surface area contributed by atoms with E-state index in [2.05, 4.69) is 24.5 Å². The number of hydrogen-bond donors (Lipinski definition) is 2. The van der Waals surface area contributed by atoms with Gasteiger partial charge in [-0.1, -0.05) is 20.3 Å². The molecule has 2 fully saturated rings. The Morgan fingerprint density at radius 3 is 2.38 bits per heavy atom. The van der Waals surface area contributed by atoms with Gasteiger partial charge in [-0.2, -0.15) is 0 Å². The minimum absolute atomic E-state index is 0.0373. The van der Waals surface area contributed by atoms with Gasteiger partial charge >= 0.3 is 6.03 Å². The van der Waals surface area contributed by atoms with Crippen LogP contribution in [-0.2, 0) is 0 Å². The van der Waals surface area contributed by atoms with Crippen LogP contribution < -0.4 is 10.6 Å². The van der Waals surface area contributed by atoms with Gasteiger partial charge in [-0.05, 0) is 24.7 Å². The van der Waals surface area contributed by atoms with E-state index in [1.165, 1.54) is 12.8 Å². The molecule has 13 heavy (non-hydrogen) atoms. The van der Waals surface area contributed by atoms with Crippen molar-refractivity contribution in [2.24, 2.45) is 11.8 Å². The molecular weight excluding hydrogens is 164 g/mol. The number of hydrogen-bond acceptors (Lipinski definition) is 1. The van der Waals surface area contributed by atoms with Gasteiger partial charge in [0.25, 0.3) is 0 Å². The molecule has 0 bridgehead atoms. The van der Waals surface area contributed by atoms with E-state index < -0.39 is 0 Å². The molecule has 0 aromatic carbocycles. The summed E-state index contributed by atoms with van der Waals surface area (Å²) in [5, 5.41) is 5.97. The molecule has 2 unspecified atom stereocenters. The molecule has 0 spiro atoms. The highest BCUT2D eigenvalue weighted by molar-refractivity contribution is 5.75. The van der Waals surface area contributed by atoms with Gasteiger partial charge < -0.3 is 10.6 Å². The Kier molecular flexibility index (Phi) is 2.18. The third-order valence-electron chi connectivity index (χ3n) is 3.19. The monoisotopic (exact) mass is 182 g/mol. The topological polar surface area (TPSA) is 41.1 Å². The summed E-state index contributed by atoms with van der Waals surface area (Å²) < 4.78 is 0. The first-order valence-corrected chi connectivity index (χ1v) is 5.27. The number of carbonyl (C=O) groups is 1. The molecule has 0 radical (unpaired) electrons. The van der Waals surface area contributed by atoms with Crippen molar-refractivity contribution in [1.82, 2.24) is 10.6 Å². The molecule has 4 atom stereocenters. The third kappa shape index (κ3) is 2.14. The summed E-state index contributed by atoms with van der Waals surface area (Å²) in [5.74, 6) is 1.43. The standard InChI is InChI=1S/C10H18N2O/c1-3-7-5-9(7)12-10(13)11-8-4-6(8)2/h6-9H,3-5H2,1-2H3,(H2,11,12,13)/t6-,7?,8-,9?/m1/s1. The Bertz CT molecular complexity index is 217. The van der Waals surface area contributed by atoms with E-state index in [-0.39, 0.29) is 6.03 Å². The summed E-state index contributed by atoms with van der Waals surface area (Å²) in [6.45, 7) is 4.34. The fraction of sp³-hybridized carbons (Fsp3) is 0.900. The van der Waals surface area contributed by atoms with Crippen molar-refractivity contribution in [3.8, 4) is 0 Å². The lowest BCUT2D eigenvalue weighted by Crippen LogP contribution is -2.39. The van der Waals surface area contributed by atoms with Crippen molar-refractivity contribution < 1.29 is 4.79 Å². The lowest BCUT2D eigenvalue weighted by atomic mass is 10.3. The number of amides is 2. The van der Waals surface area contributed by atoms with E-state index in [1.807, 2.05) is 0 Å². The largest absolute Gasteiger partial charge is 0.335 e. The first kappa shape index (κ1) is 8.85. The van der Waals surface area contributed by atoms with E-state index in [0.717, 1.165) is 12.3 Å². The first-order valence-electron chi connectivity index (χ1n) is 5.27. The number of nitrogens with one attached hydrogen (secondary N) is 2. The second-order valence-electron chi connectivity index (χ2n) is 4.45. The molecule has 0 saturated heterocycles. The van der Waals surface area contributed by atoms with Crippen molar-refractivity contribution in [2.45, 2.75) is 45.2 Å². The maximum absolute atomic E-state index is 11.3. The van der Waals surface area contributed by atoms with Crippen molar-refractivity contribution in [3.63, 3.8) is 0 Å². The Balaban J connectivity index is 1.62. The van der Waals surface area contributed by atoms with Gasteiger partial charge in [-0.25, -0.2) is 4.79 Å². The molecule has 0 aliphatic heterocycles. The second kappa shape index (κ2) is 3.20. The van der Waals surface area contributed by atoms with Gasteiger partial charge in [0, 0.05) is 12.1 Å². The highest BCUT2D eigenvalue weighted by Crippen LogP contribution is 2.33. The molecule has 3 heteroatoms. The molecule has 2 saturated carbocycles. The number of carbonyl (C=O) groups excluding carboxylic acids is 1. The summed E-state index contributed by atoms with van der Waals surface area (Å²) in [6, 6.07) is 0.938. The van der Waals surface area contributed by atoms with Gasteiger partial charge in [0.1, 0.15) is 0 Å². The molecule has 0 aromatic heterocycles. The third-order valence-corrected chi connectivity index (χ3v) is 3.19. The average molecular weight is 182 g/mol. The Morgan fingerprint density at radius 1 is 1.31 bits per heavy atom. The Morgan fingerprint density at radius 2 is 1.92 bits per heavy atom. The normalized spacial score (nSPS) is 41.1. The molecule has 0 heterocycles. The maximum atomic E-state index is 11.3. The number of urea groups is 1. The zero-order chi connectivity index (χ0) is 9.42. The summed E-state index contributed by atoms with van der Waals surface area (Å²) in [5.41, 5.74) is 0. The van der Waals surface area contributed by atoms with Crippen LogP contribution in [0.4, 0.5) is 4.79 Å². The van der Waals surface area contributed by atoms with E-state index in [4.69, 9.17) is 0 Å². The van der Waals surface area contributed by atoms with Gasteiger partial charge in [0.2, 0.25) is 0 Å². The van der Waals surface area contributed by atoms with Crippen LogP contribution in [0.2, 0.25) is 0 Å². The predicted molar refractivity (Wildman–Crippen MR) is 51.4 cm³/mol. The molecular formula is C10H18N2O. The maximum Gasteiger partial charge on any atom is 0.315 e. The predicted octanol–water partition coefficient (Wildman–Crippen LogP) is 1.49. The fourth-order valence-electron chi connectivity index (χ4n) is 1.78. The van der Waals surface area contributed by atoms with Crippen LogP contribution in [0, 0.1) is 11.8 Å². The highest BCUT2D eigenvalue weighted by atomic mass is 16.2. The van der Waals surface area contributed by atoms with Crippen LogP contribution in [0.15, 0.2) is 0 Å². The Labute approximate surface area is 79.3 Å². The zero-order valence-electron chi connectivity index (χ0n) is 8.34. The quantitative estimate of drug-likeness (QED) is 0.682. The molecule has 2 aliphatic carbocycles. The summed E-state index contributed by atoms with van der Waals surface area (Å²) in [7, 11) is 0. The van der Waals surface area contributed by atoms with Crippen LogP contribution in [0.25, 0.3) is 0 Å². The minimum Gasteiger partial charge on any atom is -0.335 e. The molecule has 2 N–H and O–H groups in total. The van der Waals surface area contributed by atoms with Crippen LogP contribution >= 0.6 is 0 Å². The summed E-state index contributed by atoms with van der Waals surface area (Å²) >= 11 is 0. The first-order chi connectivity index (χ1) is 6.20. The van der Waals surface area contributed by atoms with Crippen molar-refractivity contribution in [2.75, 3.05) is 0 Å². The van der Waals surface area contributed by atoms with Crippen LogP contribution in [-0.4, -0.2) is 18.1 Å². The van der Waals surface area contributed by atoms with Gasteiger partial charge in [0.15, 0.2) is 0 Å². The van der Waals surface area contributed by atoms with E-state index in [9.17, 15) is 4.79 Å². The van der Waals surface area contributed by atoms with E-state index >= 15 is 0 Å². The lowest BCUT2D eigenvalue weighted by Gasteiger charge is -2.05. The molecule has 3 nitrogen and oxygen atoms in total. The molecule has 2 aliphatic rings. The van der Waals surface area contributed by atoms with Crippen molar-refractivity contribution >= 4 is 6.03 Å². The van der Waals surface area contributed by atoms with Gasteiger partial charge in [0.05, 0.1) is 0 Å². The van der Waals surface area contributed by atoms with E-state index in [1.54, 1.807) is 0 Å². The molecule has 74 valence electrons. The lowest BCUT2D eigenvalue weighted by molar-refractivity contribution is 0.239. The van der Waals surface area contributed by atoms with Crippen LogP contribution in [0.1, 0.15) is 33.1 Å².